The Morgan fingerprint density at radius 3 is 2.71 bits per heavy atom. The highest BCUT2D eigenvalue weighted by molar-refractivity contribution is 5.32. The maximum Gasteiger partial charge on any atom is 0.0704 e. The molecule has 3 N–H and O–H groups in total. The molecule has 1 aromatic carbocycles. The van der Waals surface area contributed by atoms with Crippen molar-refractivity contribution in [2.45, 2.75) is 25.5 Å². The van der Waals surface area contributed by atoms with Gasteiger partial charge in [-0.3, -0.25) is 0 Å². The molecular formula is C11H14N2O. The summed E-state index contributed by atoms with van der Waals surface area (Å²) in [4.78, 5) is 0. The third kappa shape index (κ3) is 2.32. The average molecular weight is 190 g/mol. The van der Waals surface area contributed by atoms with Gasteiger partial charge in [0, 0.05) is 0 Å². The van der Waals surface area contributed by atoms with Crippen LogP contribution in [0.3, 0.4) is 0 Å². The summed E-state index contributed by atoms with van der Waals surface area (Å²) in [5.74, 6) is 0. The minimum atomic E-state index is -0.602. The molecule has 0 aliphatic rings. The minimum absolute atomic E-state index is 0.330. The Bertz CT molecular complexity index is 341. The second-order valence-electron chi connectivity index (χ2n) is 3.30. The lowest BCUT2D eigenvalue weighted by Crippen LogP contribution is -2.24. The molecule has 0 heterocycles. The summed E-state index contributed by atoms with van der Waals surface area (Å²) < 4.78 is 0. The summed E-state index contributed by atoms with van der Waals surface area (Å²) in [5, 5.41) is 18.0. The third-order valence-corrected chi connectivity index (χ3v) is 2.20. The van der Waals surface area contributed by atoms with Crippen LogP contribution < -0.4 is 5.73 Å². The van der Waals surface area contributed by atoms with Crippen molar-refractivity contribution in [2.24, 2.45) is 5.73 Å². The van der Waals surface area contributed by atoms with E-state index in [1.807, 2.05) is 24.3 Å². The van der Waals surface area contributed by atoms with Crippen molar-refractivity contribution < 1.29 is 5.11 Å². The number of aliphatic hydroxyl groups excluding tert-OH is 1. The topological polar surface area (TPSA) is 70.0 Å². The van der Waals surface area contributed by atoms with Gasteiger partial charge in [-0.05, 0) is 18.1 Å². The van der Waals surface area contributed by atoms with Crippen molar-refractivity contribution in [1.29, 1.82) is 5.26 Å². The van der Waals surface area contributed by atoms with E-state index in [-0.39, 0.29) is 0 Å². The molecule has 0 aliphatic heterocycles. The standard InChI is InChI=1S/C11H14N2O/c1-8(14)11(13)10-5-3-2-4-9(10)6-7-12/h2-5,8,11,14H,6,13H2,1H3/t8-,11-/m0/s1. The Balaban J connectivity index is 3.01. The molecule has 0 aliphatic carbocycles. The number of aliphatic hydroxyl groups is 1. The second kappa shape index (κ2) is 4.75. The Kier molecular flexibility index (Phi) is 3.63. The molecule has 0 fully saturated rings. The molecule has 0 radical (unpaired) electrons. The number of hydrogen-bond acceptors (Lipinski definition) is 3. The molecule has 1 aromatic rings. The van der Waals surface area contributed by atoms with Crippen LogP contribution in [0, 0.1) is 11.3 Å². The third-order valence-electron chi connectivity index (χ3n) is 2.20. The SMILES string of the molecule is C[C@H](O)[C@H](N)c1ccccc1CC#N. The van der Waals surface area contributed by atoms with Gasteiger partial charge in [0.1, 0.15) is 0 Å². The summed E-state index contributed by atoms with van der Waals surface area (Å²) in [6.45, 7) is 1.65. The van der Waals surface area contributed by atoms with Crippen LogP contribution in [0.4, 0.5) is 0 Å². The number of nitrogens with two attached hydrogens (primary N) is 1. The Hall–Kier alpha value is -1.37. The Morgan fingerprint density at radius 2 is 2.14 bits per heavy atom. The van der Waals surface area contributed by atoms with Gasteiger partial charge in [0.2, 0.25) is 0 Å². The summed E-state index contributed by atoms with van der Waals surface area (Å²) in [6.07, 6.45) is -0.272. The number of benzene rings is 1. The quantitative estimate of drug-likeness (QED) is 0.750. The highest BCUT2D eigenvalue weighted by Gasteiger charge is 2.14. The summed E-state index contributed by atoms with van der Waals surface area (Å²) in [6, 6.07) is 9.10. The first-order valence-corrected chi connectivity index (χ1v) is 4.55. The maximum absolute atomic E-state index is 9.36. The van der Waals surface area contributed by atoms with Crippen LogP contribution in [-0.4, -0.2) is 11.2 Å². The molecule has 0 saturated heterocycles. The van der Waals surface area contributed by atoms with E-state index in [2.05, 4.69) is 6.07 Å². The zero-order valence-corrected chi connectivity index (χ0v) is 8.14. The van der Waals surface area contributed by atoms with E-state index >= 15 is 0 Å². The molecule has 3 nitrogen and oxygen atoms in total. The van der Waals surface area contributed by atoms with Crippen molar-refractivity contribution in [1.82, 2.24) is 0 Å². The molecule has 0 unspecified atom stereocenters. The van der Waals surface area contributed by atoms with E-state index in [4.69, 9.17) is 11.0 Å². The van der Waals surface area contributed by atoms with Crippen molar-refractivity contribution in [2.75, 3.05) is 0 Å². The van der Waals surface area contributed by atoms with Crippen LogP contribution in [0.25, 0.3) is 0 Å². The summed E-state index contributed by atoms with van der Waals surface area (Å²) in [5.41, 5.74) is 7.55. The first kappa shape index (κ1) is 10.7. The maximum atomic E-state index is 9.36. The predicted molar refractivity (Wildman–Crippen MR) is 54.4 cm³/mol. The zero-order valence-electron chi connectivity index (χ0n) is 8.14. The van der Waals surface area contributed by atoms with Gasteiger partial charge in [-0.2, -0.15) is 5.26 Å². The largest absolute Gasteiger partial charge is 0.391 e. The molecular weight excluding hydrogens is 176 g/mol. The highest BCUT2D eigenvalue weighted by atomic mass is 16.3. The average Bonchev–Trinajstić information content (AvgIpc) is 2.18. The molecule has 0 saturated carbocycles. The fraction of sp³-hybridized carbons (Fsp3) is 0.364. The van der Waals surface area contributed by atoms with Gasteiger partial charge in [-0.1, -0.05) is 24.3 Å². The number of nitriles is 1. The Morgan fingerprint density at radius 1 is 1.50 bits per heavy atom. The summed E-state index contributed by atoms with van der Waals surface area (Å²) in [7, 11) is 0. The first-order chi connectivity index (χ1) is 6.66. The summed E-state index contributed by atoms with van der Waals surface area (Å²) >= 11 is 0. The van der Waals surface area contributed by atoms with E-state index < -0.39 is 12.1 Å². The van der Waals surface area contributed by atoms with Gasteiger partial charge < -0.3 is 10.8 Å². The van der Waals surface area contributed by atoms with Gasteiger partial charge in [-0.15, -0.1) is 0 Å². The predicted octanol–water partition coefficient (Wildman–Crippen LogP) is 1.13. The van der Waals surface area contributed by atoms with E-state index in [0.29, 0.717) is 6.42 Å². The number of rotatable bonds is 3. The molecule has 3 heteroatoms. The van der Waals surface area contributed by atoms with Gasteiger partial charge in [0.25, 0.3) is 0 Å². The smallest absolute Gasteiger partial charge is 0.0704 e. The fourth-order valence-electron chi connectivity index (χ4n) is 1.37. The molecule has 0 aromatic heterocycles. The molecule has 14 heavy (non-hydrogen) atoms. The highest BCUT2D eigenvalue weighted by Crippen LogP contribution is 2.19. The van der Waals surface area contributed by atoms with Gasteiger partial charge in [0.15, 0.2) is 0 Å². The molecule has 0 bridgehead atoms. The number of nitrogens with zero attached hydrogens (tertiary/aromatic N) is 1. The molecule has 1 rings (SSSR count). The normalized spacial score (nSPS) is 14.4. The minimum Gasteiger partial charge on any atom is -0.391 e. The molecule has 0 spiro atoms. The second-order valence-corrected chi connectivity index (χ2v) is 3.30. The van der Waals surface area contributed by atoms with E-state index in [9.17, 15) is 5.11 Å². The monoisotopic (exact) mass is 190 g/mol. The van der Waals surface area contributed by atoms with Crippen LogP contribution in [0.15, 0.2) is 24.3 Å². The van der Waals surface area contributed by atoms with E-state index in [1.54, 1.807) is 6.92 Å². The van der Waals surface area contributed by atoms with Gasteiger partial charge in [0.05, 0.1) is 24.6 Å². The van der Waals surface area contributed by atoms with E-state index in [1.165, 1.54) is 0 Å². The zero-order chi connectivity index (χ0) is 10.6. The van der Waals surface area contributed by atoms with Gasteiger partial charge in [-0.25, -0.2) is 0 Å². The van der Waals surface area contributed by atoms with Crippen molar-refractivity contribution in [3.63, 3.8) is 0 Å². The van der Waals surface area contributed by atoms with Crippen LogP contribution in [-0.2, 0) is 6.42 Å². The first-order valence-electron chi connectivity index (χ1n) is 4.55. The van der Waals surface area contributed by atoms with Crippen LogP contribution in [0.1, 0.15) is 24.1 Å². The lowest BCUT2D eigenvalue weighted by atomic mass is 9.96. The molecule has 2 atom stereocenters. The van der Waals surface area contributed by atoms with Gasteiger partial charge >= 0.3 is 0 Å². The van der Waals surface area contributed by atoms with Crippen LogP contribution >= 0.6 is 0 Å². The lowest BCUT2D eigenvalue weighted by Gasteiger charge is -2.17. The molecule has 0 amide bonds. The van der Waals surface area contributed by atoms with Crippen LogP contribution in [0.2, 0.25) is 0 Å². The van der Waals surface area contributed by atoms with Crippen molar-refractivity contribution in [3.8, 4) is 6.07 Å². The van der Waals surface area contributed by atoms with E-state index in [0.717, 1.165) is 11.1 Å². The fourth-order valence-corrected chi connectivity index (χ4v) is 1.37. The Labute approximate surface area is 83.8 Å². The number of hydrogen-bond donors (Lipinski definition) is 2. The lowest BCUT2D eigenvalue weighted by molar-refractivity contribution is 0.164. The van der Waals surface area contributed by atoms with Crippen LogP contribution in [0.5, 0.6) is 0 Å². The van der Waals surface area contributed by atoms with Crippen molar-refractivity contribution >= 4 is 0 Å². The molecule has 74 valence electrons. The van der Waals surface area contributed by atoms with Crippen molar-refractivity contribution in [3.05, 3.63) is 35.4 Å².